The van der Waals surface area contributed by atoms with Gasteiger partial charge in [0.25, 0.3) is 0 Å². The number of alkyl halides is 6. The highest BCUT2D eigenvalue weighted by molar-refractivity contribution is 5.73. The number of pyridine rings is 1. The molecule has 0 spiro atoms. The first kappa shape index (κ1) is 32.2. The van der Waals surface area contributed by atoms with E-state index in [4.69, 9.17) is 24.5 Å². The Hall–Kier alpha value is -4.05. The predicted molar refractivity (Wildman–Crippen MR) is 126 cm³/mol. The summed E-state index contributed by atoms with van der Waals surface area (Å²) in [5.74, 6) is -5.26. The minimum atomic E-state index is -5.08. The molecule has 1 aliphatic rings. The average molecular weight is 577 g/mol. The van der Waals surface area contributed by atoms with Crippen LogP contribution in [0.1, 0.15) is 28.6 Å². The Balaban J connectivity index is 0.000000333. The number of rotatable bonds is 6. The monoisotopic (exact) mass is 577 g/mol. The van der Waals surface area contributed by atoms with Gasteiger partial charge < -0.3 is 14.9 Å². The second kappa shape index (κ2) is 14.4. The minimum Gasteiger partial charge on any atom is -0.475 e. The van der Waals surface area contributed by atoms with E-state index < -0.39 is 24.3 Å². The molecule has 0 radical (unpaired) electrons. The molecule has 1 atom stereocenters. The second-order valence-electron chi connectivity index (χ2n) is 8.34. The fourth-order valence-corrected chi connectivity index (χ4v) is 3.56. The summed E-state index contributed by atoms with van der Waals surface area (Å²) in [5.41, 5.74) is 4.50. The van der Waals surface area contributed by atoms with Crippen molar-refractivity contribution in [1.82, 2.24) is 24.9 Å². The number of ether oxygens (including phenoxy) is 1. The molecule has 0 bridgehead atoms. The number of hydrogen-bond donors (Lipinski definition) is 2. The lowest BCUT2D eigenvalue weighted by Crippen LogP contribution is -2.36. The first-order valence-electron chi connectivity index (χ1n) is 11.4. The van der Waals surface area contributed by atoms with Crippen LogP contribution < -0.4 is 0 Å². The molecule has 0 aliphatic carbocycles. The summed E-state index contributed by atoms with van der Waals surface area (Å²) < 4.78 is 71.4. The van der Waals surface area contributed by atoms with Gasteiger partial charge in [-0.05, 0) is 17.7 Å². The number of aromatic nitrogens is 4. The van der Waals surface area contributed by atoms with Crippen molar-refractivity contribution < 1.29 is 50.9 Å². The molecule has 16 heteroatoms. The molecule has 0 saturated heterocycles. The molecular weight excluding hydrogens is 552 g/mol. The Morgan fingerprint density at radius 3 is 2.08 bits per heavy atom. The Labute approximate surface area is 223 Å². The number of halogens is 6. The maximum atomic E-state index is 10.6. The zero-order valence-electron chi connectivity index (χ0n) is 20.9. The van der Waals surface area contributed by atoms with Crippen molar-refractivity contribution in [2.45, 2.75) is 38.0 Å². The van der Waals surface area contributed by atoms with Gasteiger partial charge in [0.15, 0.2) is 0 Å². The van der Waals surface area contributed by atoms with Crippen molar-refractivity contribution in [3.8, 4) is 0 Å². The van der Waals surface area contributed by atoms with Gasteiger partial charge >= 0.3 is 24.3 Å². The fraction of sp³-hybridized carbons (Fsp3) is 0.375. The van der Waals surface area contributed by atoms with Gasteiger partial charge in [0, 0.05) is 38.8 Å². The Morgan fingerprint density at radius 1 is 0.975 bits per heavy atom. The van der Waals surface area contributed by atoms with Crippen LogP contribution in [0, 0.1) is 0 Å². The van der Waals surface area contributed by atoms with Crippen LogP contribution in [0.5, 0.6) is 0 Å². The van der Waals surface area contributed by atoms with Crippen molar-refractivity contribution in [3.05, 3.63) is 77.4 Å². The summed E-state index contributed by atoms with van der Waals surface area (Å²) in [6.07, 6.45) is -8.33. The molecule has 1 aliphatic heterocycles. The molecule has 4 rings (SSSR count). The van der Waals surface area contributed by atoms with E-state index in [1.165, 1.54) is 11.3 Å². The molecule has 3 aromatic rings. The maximum absolute atomic E-state index is 10.6. The van der Waals surface area contributed by atoms with Gasteiger partial charge in [0.1, 0.15) is 5.69 Å². The smallest absolute Gasteiger partial charge is 0.475 e. The van der Waals surface area contributed by atoms with E-state index in [0.717, 1.165) is 31.0 Å². The zero-order chi connectivity index (χ0) is 29.9. The van der Waals surface area contributed by atoms with Gasteiger partial charge in [0.05, 0.1) is 24.6 Å². The van der Waals surface area contributed by atoms with Crippen LogP contribution in [0.25, 0.3) is 0 Å². The van der Waals surface area contributed by atoms with E-state index in [2.05, 4.69) is 38.4 Å². The predicted octanol–water partition coefficient (Wildman–Crippen LogP) is 3.79. The third kappa shape index (κ3) is 10.6. The Morgan fingerprint density at radius 2 is 1.55 bits per heavy atom. The van der Waals surface area contributed by atoms with Crippen LogP contribution in [0.2, 0.25) is 0 Å². The molecule has 0 fully saturated rings. The molecule has 10 nitrogen and oxygen atoms in total. The van der Waals surface area contributed by atoms with Gasteiger partial charge in [-0.3, -0.25) is 14.6 Å². The average Bonchev–Trinajstić information content (AvgIpc) is 3.25. The maximum Gasteiger partial charge on any atom is 0.490 e. The second-order valence-corrected chi connectivity index (χ2v) is 8.34. The molecule has 0 saturated carbocycles. The summed E-state index contributed by atoms with van der Waals surface area (Å²) in [5, 5.41) is 22.8. The lowest BCUT2D eigenvalue weighted by molar-refractivity contribution is -0.193. The SMILES string of the molecule is Cn1nnc2c1C(COCc1ccccc1)CN(Cc1ccccn1)C2.O=C(O)C(F)(F)F.O=C(O)C(F)(F)F. The van der Waals surface area contributed by atoms with Gasteiger partial charge in [-0.15, -0.1) is 5.10 Å². The highest BCUT2D eigenvalue weighted by Crippen LogP contribution is 2.28. The van der Waals surface area contributed by atoms with E-state index >= 15 is 0 Å². The number of carboxylic acid groups (broad SMARTS) is 2. The lowest BCUT2D eigenvalue weighted by atomic mass is 9.98. The number of aryl methyl sites for hydroxylation is 1. The first-order chi connectivity index (χ1) is 18.7. The summed E-state index contributed by atoms with van der Waals surface area (Å²) in [6, 6.07) is 16.3. The van der Waals surface area contributed by atoms with E-state index in [0.29, 0.717) is 13.2 Å². The number of hydrogen-bond acceptors (Lipinski definition) is 7. The van der Waals surface area contributed by atoms with Crippen LogP contribution >= 0.6 is 0 Å². The highest BCUT2D eigenvalue weighted by atomic mass is 19.4. The van der Waals surface area contributed by atoms with Crippen LogP contribution in [0.4, 0.5) is 26.3 Å². The van der Waals surface area contributed by atoms with Crippen LogP contribution in [0.15, 0.2) is 54.7 Å². The van der Waals surface area contributed by atoms with Crippen molar-refractivity contribution in [2.75, 3.05) is 13.2 Å². The van der Waals surface area contributed by atoms with Crippen LogP contribution in [-0.2, 0) is 41.1 Å². The zero-order valence-corrected chi connectivity index (χ0v) is 20.9. The number of fused-ring (bicyclic) bond motifs is 1. The Bertz CT molecular complexity index is 1200. The number of carbonyl (C=O) groups is 2. The van der Waals surface area contributed by atoms with Crippen LogP contribution in [-0.4, -0.2) is 72.5 Å². The largest absolute Gasteiger partial charge is 0.490 e. The number of aliphatic carboxylic acids is 2. The lowest BCUT2D eigenvalue weighted by Gasteiger charge is -2.31. The summed E-state index contributed by atoms with van der Waals surface area (Å²) in [4.78, 5) is 24.6. The molecule has 40 heavy (non-hydrogen) atoms. The first-order valence-corrected chi connectivity index (χ1v) is 11.4. The topological polar surface area (TPSA) is 131 Å². The van der Waals surface area contributed by atoms with Gasteiger partial charge in [-0.2, -0.15) is 26.3 Å². The molecule has 2 N–H and O–H groups in total. The van der Waals surface area contributed by atoms with Gasteiger partial charge in [0.2, 0.25) is 0 Å². The minimum absolute atomic E-state index is 0.256. The van der Waals surface area contributed by atoms with Crippen molar-refractivity contribution >= 4 is 11.9 Å². The molecule has 2 aromatic heterocycles. The summed E-state index contributed by atoms with van der Waals surface area (Å²) in [7, 11) is 1.96. The molecule has 1 aromatic carbocycles. The standard InChI is InChI=1S/C20H23N5O.2C2HF3O2/c1-24-20-17(15-26-14-16-7-3-2-4-8-16)11-25(13-19(20)22-23-24)12-18-9-5-6-10-21-18;2*3-2(4,5)1(6)7/h2-10,17H,11-15H2,1H3;2*(H,6,7). The highest BCUT2D eigenvalue weighted by Gasteiger charge is 2.39. The molecule has 0 amide bonds. The Kier molecular flexibility index (Phi) is 11.6. The van der Waals surface area contributed by atoms with Crippen molar-refractivity contribution in [2.24, 2.45) is 7.05 Å². The molecular formula is C24H25F6N5O5. The number of carboxylic acids is 2. The van der Waals surface area contributed by atoms with Crippen molar-refractivity contribution in [3.63, 3.8) is 0 Å². The third-order valence-corrected chi connectivity index (χ3v) is 5.21. The number of benzene rings is 1. The van der Waals surface area contributed by atoms with E-state index in [-0.39, 0.29) is 5.92 Å². The van der Waals surface area contributed by atoms with E-state index in [9.17, 15) is 26.3 Å². The molecule has 1 unspecified atom stereocenters. The quantitative estimate of drug-likeness (QED) is 0.420. The summed E-state index contributed by atoms with van der Waals surface area (Å²) >= 11 is 0. The summed E-state index contributed by atoms with van der Waals surface area (Å²) in [6.45, 7) is 3.81. The normalized spacial score (nSPS) is 15.1. The fourth-order valence-electron chi connectivity index (χ4n) is 3.56. The van der Waals surface area contributed by atoms with E-state index in [1.807, 2.05) is 48.3 Å². The number of nitrogens with zero attached hydrogens (tertiary/aromatic N) is 5. The third-order valence-electron chi connectivity index (χ3n) is 5.21. The molecule has 3 heterocycles. The van der Waals surface area contributed by atoms with Crippen LogP contribution in [0.3, 0.4) is 0 Å². The molecule has 218 valence electrons. The van der Waals surface area contributed by atoms with E-state index in [1.54, 1.807) is 0 Å². The van der Waals surface area contributed by atoms with Gasteiger partial charge in [-0.25, -0.2) is 9.59 Å². The van der Waals surface area contributed by atoms with Gasteiger partial charge in [-0.1, -0.05) is 41.6 Å². The van der Waals surface area contributed by atoms with Crippen molar-refractivity contribution in [1.29, 1.82) is 0 Å².